The number of rotatable bonds is 7. The van der Waals surface area contributed by atoms with Crippen molar-refractivity contribution in [3.05, 3.63) is 89.5 Å². The Kier molecular flexibility index (Phi) is 7.37. The molecule has 3 rings (SSSR count). The van der Waals surface area contributed by atoms with Gasteiger partial charge in [0.1, 0.15) is 17.7 Å². The summed E-state index contributed by atoms with van der Waals surface area (Å²) in [5, 5.41) is 12.9. The van der Waals surface area contributed by atoms with Gasteiger partial charge in [0, 0.05) is 17.2 Å². The van der Waals surface area contributed by atoms with Crippen LogP contribution in [0.25, 0.3) is 0 Å². The highest BCUT2D eigenvalue weighted by atomic mass is 32.2. The van der Waals surface area contributed by atoms with Crippen LogP contribution < -0.4 is 10.0 Å². The van der Waals surface area contributed by atoms with Gasteiger partial charge < -0.3 is 10.4 Å². The Hall–Kier alpha value is -3.63. The van der Waals surface area contributed by atoms with Gasteiger partial charge in [-0.1, -0.05) is 51.1 Å². The van der Waals surface area contributed by atoms with E-state index in [1.165, 1.54) is 36.4 Å². The van der Waals surface area contributed by atoms with Crippen LogP contribution in [0, 0.1) is 17.0 Å². The fourth-order valence-electron chi connectivity index (χ4n) is 2.99. The van der Waals surface area contributed by atoms with E-state index < -0.39 is 50.2 Å². The Labute approximate surface area is 201 Å². The zero-order valence-electron chi connectivity index (χ0n) is 19.2. The predicted octanol–water partition coefficient (Wildman–Crippen LogP) is 4.67. The minimum Gasteiger partial charge on any atom is -0.380 e. The minimum absolute atomic E-state index is 0.198. The van der Waals surface area contributed by atoms with Crippen molar-refractivity contribution in [3.63, 3.8) is 0 Å². The van der Waals surface area contributed by atoms with Crippen molar-refractivity contribution >= 4 is 33.1 Å². The van der Waals surface area contributed by atoms with E-state index in [-0.39, 0.29) is 16.4 Å². The second-order valence-corrected chi connectivity index (χ2v) is 10.5. The molecule has 184 valence electrons. The maximum atomic E-state index is 14.6. The van der Waals surface area contributed by atoms with Gasteiger partial charge in [0.15, 0.2) is 5.78 Å². The largest absolute Gasteiger partial charge is 0.380 e. The maximum absolute atomic E-state index is 14.6. The summed E-state index contributed by atoms with van der Waals surface area (Å²) in [6, 6.07) is 13.9. The van der Waals surface area contributed by atoms with Gasteiger partial charge in [-0.2, -0.15) is 0 Å². The number of hydrogen-bond donors (Lipinski definition) is 3. The highest BCUT2D eigenvalue weighted by molar-refractivity contribution is 7.92. The first-order valence-corrected chi connectivity index (χ1v) is 12.0. The Bertz CT molecular complexity index is 1350. The van der Waals surface area contributed by atoms with E-state index in [1.54, 1.807) is 39.0 Å². The van der Waals surface area contributed by atoms with Crippen molar-refractivity contribution in [3.8, 4) is 0 Å². The Morgan fingerprint density at radius 1 is 0.914 bits per heavy atom. The maximum Gasteiger partial charge on any atom is 0.261 e. The summed E-state index contributed by atoms with van der Waals surface area (Å²) in [7, 11) is -4.32. The first kappa shape index (κ1) is 26.0. The highest BCUT2D eigenvalue weighted by Crippen LogP contribution is 2.27. The second kappa shape index (κ2) is 9.93. The van der Waals surface area contributed by atoms with Gasteiger partial charge in [-0.25, -0.2) is 17.2 Å². The first-order chi connectivity index (χ1) is 16.3. The summed E-state index contributed by atoms with van der Waals surface area (Å²) in [5.74, 6) is -3.75. The normalized spacial score (nSPS) is 12.6. The molecule has 0 fully saturated rings. The molecular weight excluding hydrogens is 478 g/mol. The average molecular weight is 503 g/mol. The van der Waals surface area contributed by atoms with Crippen molar-refractivity contribution in [2.75, 3.05) is 10.0 Å². The summed E-state index contributed by atoms with van der Waals surface area (Å²) in [6.45, 7) is 5.17. The molecule has 3 N–H and O–H groups in total. The van der Waals surface area contributed by atoms with Crippen molar-refractivity contribution in [1.82, 2.24) is 0 Å². The number of amides is 1. The zero-order valence-corrected chi connectivity index (χ0v) is 20.0. The number of anilines is 2. The number of sulfonamides is 1. The molecule has 0 saturated heterocycles. The summed E-state index contributed by atoms with van der Waals surface area (Å²) in [5.41, 5.74) is -1.53. The van der Waals surface area contributed by atoms with E-state index >= 15 is 0 Å². The summed E-state index contributed by atoms with van der Waals surface area (Å²) < 4.78 is 56.6. The van der Waals surface area contributed by atoms with Crippen LogP contribution in [-0.2, 0) is 14.8 Å². The molecule has 0 heterocycles. The number of hydrogen-bond acceptors (Lipinski definition) is 5. The van der Waals surface area contributed by atoms with Crippen LogP contribution in [0.1, 0.15) is 42.8 Å². The molecule has 3 aromatic rings. The molecule has 3 aromatic carbocycles. The van der Waals surface area contributed by atoms with Crippen LogP contribution in [0.5, 0.6) is 0 Å². The quantitative estimate of drug-likeness (QED) is 0.407. The topological polar surface area (TPSA) is 113 Å². The summed E-state index contributed by atoms with van der Waals surface area (Å²) in [6.07, 6.45) is -1.72. The molecule has 0 aliphatic heterocycles. The number of nitrogens with one attached hydrogen (secondary N) is 2. The molecule has 1 atom stereocenters. The second-order valence-electron chi connectivity index (χ2n) is 8.82. The molecule has 7 nitrogen and oxygen atoms in total. The van der Waals surface area contributed by atoms with E-state index in [9.17, 15) is 31.9 Å². The molecule has 0 spiro atoms. The molecule has 0 aliphatic rings. The fourth-order valence-corrected chi connectivity index (χ4v) is 4.05. The molecule has 0 radical (unpaired) electrons. The van der Waals surface area contributed by atoms with Gasteiger partial charge in [-0.05, 0) is 35.9 Å². The molecule has 0 aliphatic carbocycles. The number of aliphatic hydroxyl groups excluding tert-OH is 1. The Morgan fingerprint density at radius 2 is 1.51 bits per heavy atom. The third-order valence-electron chi connectivity index (χ3n) is 5.03. The molecule has 10 heteroatoms. The van der Waals surface area contributed by atoms with Gasteiger partial charge in [0.25, 0.3) is 10.0 Å². The smallest absolute Gasteiger partial charge is 0.261 e. The van der Waals surface area contributed by atoms with E-state index in [0.29, 0.717) is 17.8 Å². The number of Topliss-reactive ketones (excluding diaryl/α,β-unsaturated/α-hetero) is 1. The van der Waals surface area contributed by atoms with Crippen LogP contribution >= 0.6 is 0 Å². The third kappa shape index (κ3) is 6.09. The Morgan fingerprint density at radius 3 is 2.09 bits per heavy atom. The van der Waals surface area contributed by atoms with Gasteiger partial charge >= 0.3 is 0 Å². The van der Waals surface area contributed by atoms with Gasteiger partial charge in [0.05, 0.1) is 16.1 Å². The number of benzene rings is 3. The minimum atomic E-state index is -4.32. The molecular formula is C25H24F2N2O5S. The van der Waals surface area contributed by atoms with Crippen LogP contribution in [0.4, 0.5) is 20.2 Å². The first-order valence-electron chi connectivity index (χ1n) is 10.5. The number of carbonyl (C=O) groups excluding carboxylic acids is 2. The predicted molar refractivity (Wildman–Crippen MR) is 127 cm³/mol. The molecule has 0 bridgehead atoms. The van der Waals surface area contributed by atoms with Crippen molar-refractivity contribution in [2.24, 2.45) is 5.41 Å². The lowest BCUT2D eigenvalue weighted by Gasteiger charge is -2.18. The Balaban J connectivity index is 1.80. The monoisotopic (exact) mass is 502 g/mol. The molecule has 1 amide bonds. The molecule has 35 heavy (non-hydrogen) atoms. The van der Waals surface area contributed by atoms with Crippen molar-refractivity contribution < 1.29 is 31.9 Å². The standard InChI is InChI=1S/C25H24F2N2O5S/c1-25(2,3)24(32)28-16-9-11-17(12-10-16)35(33,34)29-21-14-19(26)18(13-20(21)27)23(31)22(30)15-7-5-4-6-8-15/h4-14,22,29-30H,1-3H3,(H,28,32). The molecule has 0 saturated carbocycles. The SMILES string of the molecule is CC(C)(C)C(=O)Nc1ccc(S(=O)(=O)Nc2cc(F)c(C(=O)C(O)c3ccccc3)cc2F)cc1. The zero-order chi connectivity index (χ0) is 26.0. The van der Waals surface area contributed by atoms with E-state index in [0.717, 1.165) is 0 Å². The van der Waals surface area contributed by atoms with Crippen LogP contribution in [0.2, 0.25) is 0 Å². The van der Waals surface area contributed by atoms with E-state index in [2.05, 4.69) is 5.32 Å². The number of aliphatic hydroxyl groups is 1. The van der Waals surface area contributed by atoms with Crippen molar-refractivity contribution in [2.45, 2.75) is 31.8 Å². The van der Waals surface area contributed by atoms with Crippen LogP contribution in [0.15, 0.2) is 71.6 Å². The summed E-state index contributed by atoms with van der Waals surface area (Å²) >= 11 is 0. The van der Waals surface area contributed by atoms with Gasteiger partial charge in [-0.3, -0.25) is 14.3 Å². The number of halogens is 2. The van der Waals surface area contributed by atoms with E-state index in [1.807, 2.05) is 4.72 Å². The van der Waals surface area contributed by atoms with Crippen LogP contribution in [0.3, 0.4) is 0 Å². The fraction of sp³-hybridized carbons (Fsp3) is 0.200. The van der Waals surface area contributed by atoms with E-state index in [4.69, 9.17) is 0 Å². The average Bonchev–Trinajstić information content (AvgIpc) is 2.80. The lowest BCUT2D eigenvalue weighted by molar-refractivity contribution is -0.123. The highest BCUT2D eigenvalue weighted by Gasteiger charge is 2.26. The molecule has 0 aromatic heterocycles. The van der Waals surface area contributed by atoms with Crippen molar-refractivity contribution in [1.29, 1.82) is 0 Å². The van der Waals surface area contributed by atoms with Crippen LogP contribution in [-0.4, -0.2) is 25.2 Å². The lowest BCUT2D eigenvalue weighted by atomic mass is 9.95. The molecule has 1 unspecified atom stereocenters. The number of carbonyl (C=O) groups is 2. The number of ketones is 1. The summed E-state index contributed by atoms with van der Waals surface area (Å²) in [4.78, 5) is 24.3. The lowest BCUT2D eigenvalue weighted by Crippen LogP contribution is -2.27. The van der Waals surface area contributed by atoms with Gasteiger partial charge in [0.2, 0.25) is 5.91 Å². The van der Waals surface area contributed by atoms with Gasteiger partial charge in [-0.15, -0.1) is 0 Å². The third-order valence-corrected chi connectivity index (χ3v) is 6.42.